The van der Waals surface area contributed by atoms with Crippen molar-refractivity contribution in [2.45, 2.75) is 40.2 Å². The molecule has 8 nitrogen and oxygen atoms in total. The molecule has 3 rings (SSSR count). The number of hydrogen-bond acceptors (Lipinski definition) is 6. The summed E-state index contributed by atoms with van der Waals surface area (Å²) >= 11 is 0. The number of nitrogens with zero attached hydrogens (tertiary/aromatic N) is 3. The van der Waals surface area contributed by atoms with E-state index in [1.165, 1.54) is 0 Å². The van der Waals surface area contributed by atoms with Gasteiger partial charge in [-0.3, -0.25) is 14.5 Å². The van der Waals surface area contributed by atoms with E-state index in [4.69, 9.17) is 4.74 Å². The zero-order chi connectivity index (χ0) is 16.2. The van der Waals surface area contributed by atoms with Crippen LogP contribution in [0.25, 0.3) is 0 Å². The Labute approximate surface area is 150 Å². The minimum atomic E-state index is -0.817. The summed E-state index contributed by atoms with van der Waals surface area (Å²) in [6, 6.07) is 0.449. The Morgan fingerprint density at radius 3 is 2.64 bits per heavy atom. The van der Waals surface area contributed by atoms with E-state index < -0.39 is 11.9 Å². The van der Waals surface area contributed by atoms with Gasteiger partial charge >= 0.3 is 11.9 Å². The van der Waals surface area contributed by atoms with Gasteiger partial charge in [0.05, 0.1) is 13.2 Å². The lowest BCUT2D eigenvalue weighted by molar-refractivity contribution is -0.160. The van der Waals surface area contributed by atoms with Crippen molar-refractivity contribution in [3.63, 3.8) is 0 Å². The smallest absolute Gasteiger partial charge is 0.397 e. The van der Waals surface area contributed by atoms with Gasteiger partial charge in [-0.1, -0.05) is 14.9 Å². The van der Waals surface area contributed by atoms with Gasteiger partial charge in [-0.15, -0.1) is 0 Å². The second kappa shape index (κ2) is 9.72. The molecule has 144 valence electrons. The maximum absolute atomic E-state index is 12.1. The van der Waals surface area contributed by atoms with Crippen molar-refractivity contribution in [2.75, 3.05) is 52.5 Å². The van der Waals surface area contributed by atoms with Gasteiger partial charge < -0.3 is 19.9 Å². The van der Waals surface area contributed by atoms with Crippen LogP contribution in [0.4, 0.5) is 0 Å². The van der Waals surface area contributed by atoms with Crippen molar-refractivity contribution >= 4 is 17.8 Å². The molecule has 8 heteroatoms. The molecule has 1 N–H and O–H groups in total. The molecule has 3 fully saturated rings. The Kier molecular flexibility index (Phi) is 8.31. The molecular formula is C17H32N4O4. The maximum atomic E-state index is 12.1. The molecule has 1 atom stereocenters. The summed E-state index contributed by atoms with van der Waals surface area (Å²) in [5, 5.41) is 3.31. The zero-order valence-corrected chi connectivity index (χ0v) is 13.3. The molecule has 0 aromatic heterocycles. The first-order valence-electron chi connectivity index (χ1n) is 8.34. The third-order valence-corrected chi connectivity index (χ3v) is 4.79. The fourth-order valence-corrected chi connectivity index (χ4v) is 3.40. The van der Waals surface area contributed by atoms with Crippen LogP contribution in [-0.2, 0) is 19.1 Å². The summed E-state index contributed by atoms with van der Waals surface area (Å²) in [6.45, 7) is 4.97. The number of likely N-dealkylation sites (tertiary alicyclic amines) is 1. The second-order valence-corrected chi connectivity index (χ2v) is 6.29. The molecule has 3 aliphatic rings. The van der Waals surface area contributed by atoms with E-state index in [9.17, 15) is 14.4 Å². The molecule has 0 aromatic carbocycles. The number of esters is 1. The summed E-state index contributed by atoms with van der Waals surface area (Å²) in [7, 11) is 0. The van der Waals surface area contributed by atoms with Gasteiger partial charge in [-0.2, -0.15) is 0 Å². The average molecular weight is 356 g/mol. The molecule has 0 aromatic rings. The maximum Gasteiger partial charge on any atom is 0.397 e. The average Bonchev–Trinajstić information content (AvgIpc) is 3.28. The van der Waals surface area contributed by atoms with Crippen LogP contribution in [0.5, 0.6) is 0 Å². The van der Waals surface area contributed by atoms with E-state index in [2.05, 4.69) is 10.2 Å². The quantitative estimate of drug-likeness (QED) is 0.559. The number of carbonyl (C=O) groups excluding carboxylic acids is 3. The van der Waals surface area contributed by atoms with Crippen molar-refractivity contribution in [2.24, 2.45) is 0 Å². The number of rotatable bonds is 4. The van der Waals surface area contributed by atoms with Crippen LogP contribution in [0.2, 0.25) is 0 Å². The van der Waals surface area contributed by atoms with Gasteiger partial charge in [0.1, 0.15) is 6.61 Å². The normalized spacial score (nSPS) is 23.4. The molecule has 3 heterocycles. The second-order valence-electron chi connectivity index (χ2n) is 6.29. The molecule has 0 saturated carbocycles. The molecule has 1 unspecified atom stereocenters. The number of hydrogen-bond donors (Lipinski definition) is 1. The summed E-state index contributed by atoms with van der Waals surface area (Å²) < 4.78 is 5.03. The minimum absolute atomic E-state index is 0. The zero-order valence-electron chi connectivity index (χ0n) is 13.3. The van der Waals surface area contributed by atoms with E-state index in [0.717, 1.165) is 32.5 Å². The lowest BCUT2D eigenvalue weighted by Gasteiger charge is -2.23. The molecule has 2 amide bonds. The van der Waals surface area contributed by atoms with E-state index >= 15 is 0 Å². The minimum Gasteiger partial charge on any atom is -0.457 e. The summed E-state index contributed by atoms with van der Waals surface area (Å²) in [6.07, 6.45) is 2.49. The van der Waals surface area contributed by atoms with Gasteiger partial charge in [0.25, 0.3) is 0 Å². The number of carbonyl (C=O) groups is 3. The van der Waals surface area contributed by atoms with Crippen molar-refractivity contribution in [1.29, 1.82) is 0 Å². The Morgan fingerprint density at radius 2 is 2.00 bits per heavy atom. The summed E-state index contributed by atoms with van der Waals surface area (Å²) in [4.78, 5) is 40.9. The lowest BCUT2D eigenvalue weighted by atomic mass is 10.2. The molecular weight excluding hydrogens is 324 g/mol. The molecule has 0 aliphatic carbocycles. The van der Waals surface area contributed by atoms with Crippen LogP contribution in [0.1, 0.15) is 34.1 Å². The molecule has 0 bridgehead atoms. The lowest BCUT2D eigenvalue weighted by Crippen LogP contribution is -2.41. The standard InChI is InChI=1S/C15H24N4O4.2CH4/c20-13-2-1-5-17(13)8-9-23-15(22)14(21)19-7-6-18(11-19)12-3-4-16-10-12;;/h12,16H,1-11H2;2*1H4. The molecule has 25 heavy (non-hydrogen) atoms. The number of ether oxygens (including phenoxy) is 1. The highest BCUT2D eigenvalue weighted by atomic mass is 16.5. The van der Waals surface area contributed by atoms with Crippen LogP contribution < -0.4 is 5.32 Å². The van der Waals surface area contributed by atoms with E-state index in [-0.39, 0.29) is 27.4 Å². The van der Waals surface area contributed by atoms with E-state index in [1.807, 2.05) is 0 Å². The molecule has 0 spiro atoms. The SMILES string of the molecule is C.C.O=C(OCCN1CCCC1=O)C(=O)N1CCN(C2CCNC2)C1. The largest absolute Gasteiger partial charge is 0.457 e. The number of amides is 2. The first-order valence-corrected chi connectivity index (χ1v) is 8.34. The predicted octanol–water partition coefficient (Wildman–Crippen LogP) is -0.112. The first-order chi connectivity index (χ1) is 11.1. The highest BCUT2D eigenvalue weighted by Crippen LogP contribution is 2.14. The van der Waals surface area contributed by atoms with Crippen LogP contribution in [0, 0.1) is 0 Å². The predicted molar refractivity (Wildman–Crippen MR) is 94.8 cm³/mol. The highest BCUT2D eigenvalue weighted by Gasteiger charge is 2.33. The van der Waals surface area contributed by atoms with Crippen molar-refractivity contribution in [1.82, 2.24) is 20.0 Å². The van der Waals surface area contributed by atoms with Gasteiger partial charge in [-0.05, 0) is 19.4 Å². The Balaban J connectivity index is 0.00000156. The molecule has 3 aliphatic heterocycles. The van der Waals surface area contributed by atoms with Crippen molar-refractivity contribution in [3.05, 3.63) is 0 Å². The topological polar surface area (TPSA) is 82.2 Å². The van der Waals surface area contributed by atoms with Crippen LogP contribution in [0.3, 0.4) is 0 Å². The number of nitrogens with one attached hydrogen (secondary N) is 1. The third kappa shape index (κ3) is 5.15. The Morgan fingerprint density at radius 1 is 1.20 bits per heavy atom. The van der Waals surface area contributed by atoms with Crippen molar-refractivity contribution < 1.29 is 19.1 Å². The molecule has 0 radical (unpaired) electrons. The van der Waals surface area contributed by atoms with Gasteiger partial charge in [0.2, 0.25) is 5.91 Å². The first kappa shape index (κ1) is 21.4. The van der Waals surface area contributed by atoms with E-state index in [1.54, 1.807) is 9.80 Å². The monoisotopic (exact) mass is 356 g/mol. The van der Waals surface area contributed by atoms with Gasteiger partial charge in [0, 0.05) is 38.6 Å². The molecule has 3 saturated heterocycles. The van der Waals surface area contributed by atoms with Crippen LogP contribution in [-0.4, -0.2) is 91.1 Å². The van der Waals surface area contributed by atoms with E-state index in [0.29, 0.717) is 38.8 Å². The Bertz CT molecular complexity index is 479. The van der Waals surface area contributed by atoms with Gasteiger partial charge in [0.15, 0.2) is 0 Å². The fourth-order valence-electron chi connectivity index (χ4n) is 3.40. The Hall–Kier alpha value is -1.67. The summed E-state index contributed by atoms with van der Waals surface area (Å²) in [5.74, 6) is -1.30. The van der Waals surface area contributed by atoms with Crippen LogP contribution in [0.15, 0.2) is 0 Å². The highest BCUT2D eigenvalue weighted by molar-refractivity contribution is 6.32. The van der Waals surface area contributed by atoms with Gasteiger partial charge in [-0.25, -0.2) is 4.79 Å². The summed E-state index contributed by atoms with van der Waals surface area (Å²) in [5.41, 5.74) is 0. The van der Waals surface area contributed by atoms with Crippen LogP contribution >= 0.6 is 0 Å². The fraction of sp³-hybridized carbons (Fsp3) is 0.824. The van der Waals surface area contributed by atoms with Crippen molar-refractivity contribution in [3.8, 4) is 0 Å². The third-order valence-electron chi connectivity index (χ3n) is 4.79.